The minimum Gasteiger partial charge on any atom is -0.493 e. The van der Waals surface area contributed by atoms with Crippen molar-refractivity contribution < 1.29 is 5.11 Å². The highest BCUT2D eigenvalue weighted by Crippen LogP contribution is 2.24. The summed E-state index contributed by atoms with van der Waals surface area (Å²) in [6.45, 7) is 0. The van der Waals surface area contributed by atoms with E-state index in [-0.39, 0.29) is 5.88 Å². The molecule has 0 fully saturated rings. The second-order valence-corrected chi connectivity index (χ2v) is 2.85. The van der Waals surface area contributed by atoms with E-state index in [1.54, 1.807) is 30.5 Å². The molecule has 0 bridgehead atoms. The minimum atomic E-state index is -0.0234. The summed E-state index contributed by atoms with van der Waals surface area (Å²) >= 11 is 0. The van der Waals surface area contributed by atoms with E-state index in [9.17, 15) is 5.11 Å². The average Bonchev–Trinajstić information content (AvgIpc) is 2.20. The normalized spacial score (nSPS) is 10.0. The molecule has 2 aromatic heterocycles. The Balaban J connectivity index is 2.50. The topological polar surface area (TPSA) is 72.0 Å². The fraction of sp³-hybridized carbons (Fsp3) is 0. The van der Waals surface area contributed by atoms with Crippen molar-refractivity contribution in [3.8, 4) is 17.1 Å². The molecule has 0 saturated carbocycles. The lowest BCUT2D eigenvalue weighted by Gasteiger charge is -2.02. The predicted molar refractivity (Wildman–Crippen MR) is 53.5 cm³/mol. The van der Waals surface area contributed by atoms with Gasteiger partial charge in [0.05, 0.1) is 23.1 Å². The summed E-state index contributed by atoms with van der Waals surface area (Å²) in [6.07, 6.45) is 3.07. The van der Waals surface area contributed by atoms with Crippen LogP contribution in [0.5, 0.6) is 5.88 Å². The summed E-state index contributed by atoms with van der Waals surface area (Å²) in [6, 6.07) is 6.97. The Kier molecular flexibility index (Phi) is 2.02. The quantitative estimate of drug-likeness (QED) is 0.708. The van der Waals surface area contributed by atoms with E-state index in [2.05, 4.69) is 9.97 Å². The lowest BCUT2D eigenvalue weighted by atomic mass is 10.2. The second-order valence-electron chi connectivity index (χ2n) is 2.85. The van der Waals surface area contributed by atoms with Crippen LogP contribution in [-0.4, -0.2) is 15.1 Å². The van der Waals surface area contributed by atoms with Gasteiger partial charge in [-0.2, -0.15) is 0 Å². The first-order chi connectivity index (χ1) is 6.77. The third kappa shape index (κ3) is 1.50. The van der Waals surface area contributed by atoms with Gasteiger partial charge >= 0.3 is 0 Å². The first-order valence-corrected chi connectivity index (χ1v) is 4.13. The fourth-order valence-electron chi connectivity index (χ4n) is 1.16. The van der Waals surface area contributed by atoms with Crippen molar-refractivity contribution in [2.75, 3.05) is 5.73 Å². The molecule has 4 heteroatoms. The van der Waals surface area contributed by atoms with Crippen LogP contribution in [-0.2, 0) is 0 Å². The molecule has 0 saturated heterocycles. The third-order valence-corrected chi connectivity index (χ3v) is 1.85. The van der Waals surface area contributed by atoms with Gasteiger partial charge in [-0.05, 0) is 24.3 Å². The molecule has 0 aliphatic heterocycles. The Hall–Kier alpha value is -2.10. The molecule has 2 heterocycles. The number of hydrogen-bond donors (Lipinski definition) is 2. The van der Waals surface area contributed by atoms with E-state index in [1.165, 1.54) is 6.20 Å². The van der Waals surface area contributed by atoms with Gasteiger partial charge < -0.3 is 10.8 Å². The van der Waals surface area contributed by atoms with E-state index >= 15 is 0 Å². The monoisotopic (exact) mass is 187 g/mol. The van der Waals surface area contributed by atoms with Crippen LogP contribution in [0.15, 0.2) is 36.7 Å². The Morgan fingerprint density at radius 3 is 2.64 bits per heavy atom. The van der Waals surface area contributed by atoms with Crippen molar-refractivity contribution in [2.24, 2.45) is 0 Å². The van der Waals surface area contributed by atoms with Crippen LogP contribution in [0, 0.1) is 0 Å². The predicted octanol–water partition coefficient (Wildman–Crippen LogP) is 1.43. The Labute approximate surface area is 81.1 Å². The lowest BCUT2D eigenvalue weighted by molar-refractivity contribution is 0.455. The zero-order valence-corrected chi connectivity index (χ0v) is 7.38. The van der Waals surface area contributed by atoms with Gasteiger partial charge in [-0.1, -0.05) is 0 Å². The number of nitrogens with two attached hydrogens (primary N) is 1. The van der Waals surface area contributed by atoms with Crippen LogP contribution in [0.3, 0.4) is 0 Å². The highest BCUT2D eigenvalue weighted by molar-refractivity contribution is 5.65. The molecule has 4 nitrogen and oxygen atoms in total. The van der Waals surface area contributed by atoms with Gasteiger partial charge in [0.1, 0.15) is 0 Å². The van der Waals surface area contributed by atoms with Crippen molar-refractivity contribution >= 4 is 5.69 Å². The molecule has 2 rings (SSSR count). The molecule has 0 aliphatic rings. The molecule has 70 valence electrons. The SMILES string of the molecule is Nc1ccc(-c2cccnc2O)nc1. The van der Waals surface area contributed by atoms with Gasteiger partial charge in [0, 0.05) is 6.20 Å². The highest BCUT2D eigenvalue weighted by atomic mass is 16.3. The molecule has 0 radical (unpaired) electrons. The lowest BCUT2D eigenvalue weighted by Crippen LogP contribution is -1.89. The molecule has 3 N–H and O–H groups in total. The number of aromatic nitrogens is 2. The van der Waals surface area contributed by atoms with E-state index in [0.29, 0.717) is 16.9 Å². The standard InChI is InChI=1S/C10H9N3O/c11-7-3-4-9(13-6-7)8-2-1-5-12-10(8)14/h1-6H,11H2,(H,12,14). The molecular weight excluding hydrogens is 178 g/mol. The Morgan fingerprint density at radius 2 is 2.00 bits per heavy atom. The zero-order chi connectivity index (χ0) is 9.97. The second kappa shape index (κ2) is 3.33. The third-order valence-electron chi connectivity index (χ3n) is 1.85. The molecule has 0 spiro atoms. The maximum absolute atomic E-state index is 9.45. The molecule has 0 aromatic carbocycles. The van der Waals surface area contributed by atoms with Crippen molar-refractivity contribution in [1.82, 2.24) is 9.97 Å². The Morgan fingerprint density at radius 1 is 1.14 bits per heavy atom. The van der Waals surface area contributed by atoms with Gasteiger partial charge in [-0.15, -0.1) is 0 Å². The van der Waals surface area contributed by atoms with Crippen LogP contribution in [0.4, 0.5) is 5.69 Å². The number of anilines is 1. The van der Waals surface area contributed by atoms with Crippen LogP contribution in [0.2, 0.25) is 0 Å². The first kappa shape index (κ1) is 8.50. The summed E-state index contributed by atoms with van der Waals surface area (Å²) in [4.78, 5) is 7.85. The van der Waals surface area contributed by atoms with Crippen LogP contribution < -0.4 is 5.73 Å². The van der Waals surface area contributed by atoms with Crippen LogP contribution in [0.1, 0.15) is 0 Å². The summed E-state index contributed by atoms with van der Waals surface area (Å²) in [5, 5.41) is 9.45. The summed E-state index contributed by atoms with van der Waals surface area (Å²) in [5.41, 5.74) is 7.36. The summed E-state index contributed by atoms with van der Waals surface area (Å²) < 4.78 is 0. The average molecular weight is 187 g/mol. The highest BCUT2D eigenvalue weighted by Gasteiger charge is 2.04. The molecule has 0 unspecified atom stereocenters. The van der Waals surface area contributed by atoms with Gasteiger partial charge in [0.2, 0.25) is 5.88 Å². The van der Waals surface area contributed by atoms with E-state index < -0.39 is 0 Å². The van der Waals surface area contributed by atoms with Crippen LogP contribution in [0.25, 0.3) is 11.3 Å². The van der Waals surface area contributed by atoms with Gasteiger partial charge in [-0.3, -0.25) is 4.98 Å². The maximum atomic E-state index is 9.45. The van der Waals surface area contributed by atoms with E-state index in [1.807, 2.05) is 0 Å². The number of nitrogens with zero attached hydrogens (tertiary/aromatic N) is 2. The maximum Gasteiger partial charge on any atom is 0.220 e. The molecule has 2 aromatic rings. The van der Waals surface area contributed by atoms with E-state index in [0.717, 1.165) is 0 Å². The summed E-state index contributed by atoms with van der Waals surface area (Å²) in [7, 11) is 0. The minimum absolute atomic E-state index is 0.0234. The molecule has 0 atom stereocenters. The zero-order valence-electron chi connectivity index (χ0n) is 7.38. The molecule has 0 amide bonds. The molecule has 0 aliphatic carbocycles. The number of nitrogen functional groups attached to an aromatic ring is 1. The smallest absolute Gasteiger partial charge is 0.220 e. The van der Waals surface area contributed by atoms with Crippen molar-refractivity contribution in [1.29, 1.82) is 0 Å². The number of aromatic hydroxyl groups is 1. The molecular formula is C10H9N3O. The number of pyridine rings is 2. The largest absolute Gasteiger partial charge is 0.493 e. The van der Waals surface area contributed by atoms with Crippen molar-refractivity contribution in [3.63, 3.8) is 0 Å². The fourth-order valence-corrected chi connectivity index (χ4v) is 1.16. The summed E-state index contributed by atoms with van der Waals surface area (Å²) in [5.74, 6) is -0.0234. The van der Waals surface area contributed by atoms with Crippen molar-refractivity contribution in [3.05, 3.63) is 36.7 Å². The van der Waals surface area contributed by atoms with Gasteiger partial charge in [0.15, 0.2) is 0 Å². The Bertz CT molecular complexity index is 439. The van der Waals surface area contributed by atoms with Gasteiger partial charge in [-0.25, -0.2) is 4.98 Å². The number of rotatable bonds is 1. The van der Waals surface area contributed by atoms with Gasteiger partial charge in [0.25, 0.3) is 0 Å². The molecule has 14 heavy (non-hydrogen) atoms. The first-order valence-electron chi connectivity index (χ1n) is 4.13. The van der Waals surface area contributed by atoms with Crippen LogP contribution >= 0.6 is 0 Å². The van der Waals surface area contributed by atoms with Crippen molar-refractivity contribution in [2.45, 2.75) is 0 Å². The number of hydrogen-bond acceptors (Lipinski definition) is 4. The van der Waals surface area contributed by atoms with E-state index in [4.69, 9.17) is 5.73 Å².